The third-order valence-corrected chi connectivity index (χ3v) is 13.4. The van der Waals surface area contributed by atoms with Gasteiger partial charge in [0, 0.05) is 11.6 Å². The second-order valence-electron chi connectivity index (χ2n) is 13.7. The molecule has 0 aliphatic rings. The van der Waals surface area contributed by atoms with Crippen molar-refractivity contribution in [2.24, 2.45) is 0 Å². The van der Waals surface area contributed by atoms with Gasteiger partial charge in [0.25, 0.3) is 10.0 Å². The summed E-state index contributed by atoms with van der Waals surface area (Å²) in [6.07, 6.45) is -0.768. The number of anilines is 1. The molecular formula is C30H40Cl2N2O7SSi. The van der Waals surface area contributed by atoms with Crippen LogP contribution < -0.4 is 8.73 Å². The Kier molecular flexibility index (Phi) is 9.41. The first-order valence-electron chi connectivity index (χ1n) is 13.7. The van der Waals surface area contributed by atoms with Crippen molar-refractivity contribution in [1.29, 1.82) is 0 Å². The van der Waals surface area contributed by atoms with Crippen LogP contribution in [0.15, 0.2) is 47.5 Å². The number of hydrogen-bond donors (Lipinski definition) is 0. The molecular weight excluding hydrogens is 631 g/mol. The fourth-order valence-electron chi connectivity index (χ4n) is 3.75. The van der Waals surface area contributed by atoms with Crippen molar-refractivity contribution in [3.05, 3.63) is 52.6 Å². The molecule has 1 aromatic heterocycles. The molecule has 0 radical (unpaired) electrons. The van der Waals surface area contributed by atoms with Gasteiger partial charge in [0.1, 0.15) is 17.0 Å². The number of carbonyl (C=O) groups excluding carboxylic acids is 2. The fraction of sp³-hybridized carbons (Fsp3) is 0.467. The maximum absolute atomic E-state index is 14.3. The molecule has 0 saturated heterocycles. The summed E-state index contributed by atoms with van der Waals surface area (Å²) in [6, 6.07) is 8.55. The number of benzene rings is 2. The highest BCUT2D eigenvalue weighted by molar-refractivity contribution is 7.93. The zero-order valence-corrected chi connectivity index (χ0v) is 29.8. The number of aromatic nitrogens is 1. The van der Waals surface area contributed by atoms with Gasteiger partial charge in [-0.2, -0.15) is 4.31 Å². The monoisotopic (exact) mass is 670 g/mol. The summed E-state index contributed by atoms with van der Waals surface area (Å²) in [4.78, 5) is 26.8. The van der Waals surface area contributed by atoms with E-state index < -0.39 is 41.7 Å². The summed E-state index contributed by atoms with van der Waals surface area (Å²) in [5.41, 5.74) is -2.18. The number of halogens is 2. The number of amides is 1. The average Bonchev–Trinajstić information content (AvgIpc) is 3.16. The summed E-state index contributed by atoms with van der Waals surface area (Å²) in [7, 11) is -6.83. The van der Waals surface area contributed by atoms with E-state index in [1.54, 1.807) is 53.7 Å². The molecule has 0 bridgehead atoms. The van der Waals surface area contributed by atoms with Gasteiger partial charge in [-0.05, 0) is 96.1 Å². The second-order valence-corrected chi connectivity index (χ2v) is 21.0. The van der Waals surface area contributed by atoms with Crippen molar-refractivity contribution in [3.63, 3.8) is 0 Å². The van der Waals surface area contributed by atoms with Gasteiger partial charge < -0.3 is 13.9 Å². The zero-order valence-electron chi connectivity index (χ0n) is 26.5. The molecule has 1 amide bonds. The van der Waals surface area contributed by atoms with Crippen LogP contribution in [0, 0.1) is 0 Å². The van der Waals surface area contributed by atoms with Gasteiger partial charge in [0.2, 0.25) is 8.32 Å². The molecule has 236 valence electrons. The van der Waals surface area contributed by atoms with E-state index in [1.165, 1.54) is 30.5 Å². The van der Waals surface area contributed by atoms with Crippen LogP contribution in [0.3, 0.4) is 0 Å². The van der Waals surface area contributed by atoms with Gasteiger partial charge in [-0.15, -0.1) is 0 Å². The molecule has 43 heavy (non-hydrogen) atoms. The van der Waals surface area contributed by atoms with E-state index in [0.29, 0.717) is 10.1 Å². The van der Waals surface area contributed by atoms with Crippen LogP contribution in [-0.2, 0) is 19.5 Å². The van der Waals surface area contributed by atoms with Crippen molar-refractivity contribution in [3.8, 4) is 5.75 Å². The van der Waals surface area contributed by atoms with Gasteiger partial charge >= 0.3 is 12.2 Å². The summed E-state index contributed by atoms with van der Waals surface area (Å²) in [5.74, 6) is 0.508. The van der Waals surface area contributed by atoms with Gasteiger partial charge in [0.15, 0.2) is 0 Å². The highest BCUT2D eigenvalue weighted by Crippen LogP contribution is 2.41. The van der Waals surface area contributed by atoms with Crippen LogP contribution in [-0.4, -0.2) is 44.7 Å². The molecule has 13 heteroatoms. The van der Waals surface area contributed by atoms with Crippen molar-refractivity contribution in [1.82, 2.24) is 4.57 Å². The number of ether oxygens (including phenoxy) is 2. The predicted molar refractivity (Wildman–Crippen MR) is 174 cm³/mol. The van der Waals surface area contributed by atoms with Crippen molar-refractivity contribution in [2.75, 3.05) is 4.31 Å². The van der Waals surface area contributed by atoms with Crippen LogP contribution in [0.4, 0.5) is 15.3 Å². The van der Waals surface area contributed by atoms with E-state index in [4.69, 9.17) is 37.1 Å². The van der Waals surface area contributed by atoms with Crippen LogP contribution in [0.1, 0.15) is 62.3 Å². The zero-order chi connectivity index (χ0) is 32.9. The summed E-state index contributed by atoms with van der Waals surface area (Å²) < 4.78 is 47.5. The molecule has 0 unspecified atom stereocenters. The average molecular weight is 672 g/mol. The fourth-order valence-corrected chi connectivity index (χ4v) is 6.70. The molecule has 1 heterocycles. The second kappa shape index (κ2) is 11.6. The van der Waals surface area contributed by atoms with E-state index in [9.17, 15) is 18.0 Å². The molecule has 3 aromatic rings. The maximum atomic E-state index is 14.3. The van der Waals surface area contributed by atoms with Gasteiger partial charge in [-0.1, -0.05) is 44.0 Å². The summed E-state index contributed by atoms with van der Waals surface area (Å²) >= 11 is 13.0. The molecule has 0 aliphatic carbocycles. The Balaban J connectivity index is 2.26. The van der Waals surface area contributed by atoms with Crippen LogP contribution in [0.2, 0.25) is 28.2 Å². The van der Waals surface area contributed by atoms with E-state index in [-0.39, 0.29) is 36.6 Å². The summed E-state index contributed by atoms with van der Waals surface area (Å²) in [5, 5.41) is 0.282. The third kappa shape index (κ3) is 7.68. The lowest BCUT2D eigenvalue weighted by Gasteiger charge is -2.36. The highest BCUT2D eigenvalue weighted by atomic mass is 35.5. The lowest BCUT2D eigenvalue weighted by molar-refractivity contribution is 0.0540. The summed E-state index contributed by atoms with van der Waals surface area (Å²) in [6.45, 7) is 20.3. The number of carbonyl (C=O) groups is 2. The Bertz CT molecular complexity index is 1650. The molecule has 0 saturated carbocycles. The number of fused-ring (bicyclic) bond motifs is 1. The number of nitrogens with zero attached hydrogens (tertiary/aromatic N) is 2. The molecule has 0 aliphatic heterocycles. The van der Waals surface area contributed by atoms with Crippen LogP contribution in [0.25, 0.3) is 10.9 Å². The molecule has 0 atom stereocenters. The SMILES string of the molecule is CC(C)(C)OC(=O)N(c1ccc(Cl)c2c(Cl)cn(C(=O)OC(C)(C)C)c12)S(=O)(=O)c1ccc(O[Si](C)(C)C(C)(C)C)cc1. The quantitative estimate of drug-likeness (QED) is 0.249. The lowest BCUT2D eigenvalue weighted by Crippen LogP contribution is -2.43. The maximum Gasteiger partial charge on any atom is 0.429 e. The standard InChI is InChI=1S/C30H40Cl2N2O7SSi/c1-28(2,3)39-26(35)33-18-22(32)24-21(31)16-17-23(25(24)33)34(27(36)40-29(4,5)6)42(37,38)20-14-12-19(13-15-20)41-43(10,11)30(7,8)9/h12-18H,1-11H3. The van der Waals surface area contributed by atoms with Gasteiger partial charge in [0.05, 0.1) is 26.1 Å². The van der Waals surface area contributed by atoms with E-state index >= 15 is 0 Å². The number of hydrogen-bond acceptors (Lipinski definition) is 7. The lowest BCUT2D eigenvalue weighted by atomic mass is 10.2. The Labute approximate surface area is 265 Å². The molecule has 0 N–H and O–H groups in total. The normalized spacial score (nSPS) is 13.1. The third-order valence-electron chi connectivity index (χ3n) is 6.74. The Morgan fingerprint density at radius 3 is 1.84 bits per heavy atom. The Morgan fingerprint density at radius 2 is 1.35 bits per heavy atom. The first kappa shape index (κ1) is 34.8. The number of rotatable bonds is 5. The predicted octanol–water partition coefficient (Wildman–Crippen LogP) is 9.25. The first-order valence-corrected chi connectivity index (χ1v) is 18.8. The van der Waals surface area contributed by atoms with Crippen molar-refractivity contribution >= 4 is 70.3 Å². The van der Waals surface area contributed by atoms with Crippen LogP contribution >= 0.6 is 23.2 Å². The molecule has 0 fully saturated rings. The minimum Gasteiger partial charge on any atom is -0.544 e. The minimum absolute atomic E-state index is 0.0425. The smallest absolute Gasteiger partial charge is 0.429 e. The first-order chi connectivity index (χ1) is 19.4. The van der Waals surface area contributed by atoms with Crippen LogP contribution in [0.5, 0.6) is 5.75 Å². The van der Waals surface area contributed by atoms with Gasteiger partial charge in [-0.3, -0.25) is 0 Å². The molecule has 2 aromatic carbocycles. The number of sulfonamides is 1. The van der Waals surface area contributed by atoms with Gasteiger partial charge in [-0.25, -0.2) is 22.6 Å². The largest absolute Gasteiger partial charge is 0.544 e. The van der Waals surface area contributed by atoms with E-state index in [1.807, 2.05) is 0 Å². The van der Waals surface area contributed by atoms with Crippen molar-refractivity contribution < 1.29 is 31.9 Å². The van der Waals surface area contributed by atoms with E-state index in [2.05, 4.69) is 33.9 Å². The minimum atomic E-state index is -4.62. The molecule has 9 nitrogen and oxygen atoms in total. The molecule has 3 rings (SSSR count). The Hall–Kier alpha value is -2.73. The Morgan fingerprint density at radius 1 is 0.814 bits per heavy atom. The topological polar surface area (TPSA) is 104 Å². The van der Waals surface area contributed by atoms with E-state index in [0.717, 1.165) is 4.57 Å². The van der Waals surface area contributed by atoms with Crippen molar-refractivity contribution in [2.45, 2.75) is 96.5 Å². The highest BCUT2D eigenvalue weighted by Gasteiger charge is 2.40. The molecule has 0 spiro atoms.